The summed E-state index contributed by atoms with van der Waals surface area (Å²) in [5, 5.41) is 5.48. The van der Waals surface area contributed by atoms with E-state index in [9.17, 15) is 14.0 Å². The van der Waals surface area contributed by atoms with Gasteiger partial charge >= 0.3 is 6.03 Å². The molecular formula is C26H31FN6O2. The molecule has 3 amide bonds. The largest absolute Gasteiger partial charge is 0.397 e. The van der Waals surface area contributed by atoms with E-state index in [1.54, 1.807) is 61.7 Å². The van der Waals surface area contributed by atoms with Gasteiger partial charge in [-0.05, 0) is 74.8 Å². The summed E-state index contributed by atoms with van der Waals surface area (Å²) in [5.74, 6) is -0.653. The number of anilines is 2. The van der Waals surface area contributed by atoms with Crippen LogP contribution >= 0.6 is 0 Å². The highest BCUT2D eigenvalue weighted by Crippen LogP contribution is 2.29. The molecule has 2 atom stereocenters. The summed E-state index contributed by atoms with van der Waals surface area (Å²) in [4.78, 5) is 30.5. The highest BCUT2D eigenvalue weighted by molar-refractivity contribution is 6.04. The molecule has 3 aromatic rings. The van der Waals surface area contributed by atoms with E-state index in [0.717, 1.165) is 5.56 Å². The maximum absolute atomic E-state index is 14.2. The van der Waals surface area contributed by atoms with Gasteiger partial charge in [0, 0.05) is 12.2 Å². The number of benzene rings is 2. The summed E-state index contributed by atoms with van der Waals surface area (Å²) in [5.41, 5.74) is 14.6. The number of halogens is 1. The van der Waals surface area contributed by atoms with Crippen LogP contribution in [0.5, 0.6) is 0 Å². The zero-order valence-electron chi connectivity index (χ0n) is 20.1. The predicted octanol–water partition coefficient (Wildman–Crippen LogP) is 4.16. The van der Waals surface area contributed by atoms with E-state index in [0.29, 0.717) is 35.3 Å². The Balaban J connectivity index is 1.74. The Kier molecular flexibility index (Phi) is 8.38. The number of hydrogen-bond acceptors (Lipinski definition) is 5. The molecule has 184 valence electrons. The molecule has 1 heterocycles. The van der Waals surface area contributed by atoms with E-state index >= 15 is 0 Å². The number of carbonyl (C=O) groups is 2. The van der Waals surface area contributed by atoms with Gasteiger partial charge in [0.15, 0.2) is 0 Å². The SMILES string of the molecule is Cc1ccc(C(CCC(NC(N)=O)c2ccc(C(=O)Nc3ccccc3N)nc2)N(C)C)cc1F. The molecule has 0 radical (unpaired) electrons. The third-order valence-corrected chi connectivity index (χ3v) is 5.88. The summed E-state index contributed by atoms with van der Waals surface area (Å²) in [6.45, 7) is 1.72. The van der Waals surface area contributed by atoms with Crippen molar-refractivity contribution in [3.8, 4) is 0 Å². The third kappa shape index (κ3) is 6.77. The molecule has 35 heavy (non-hydrogen) atoms. The Labute approximate surface area is 204 Å². The first-order valence-corrected chi connectivity index (χ1v) is 11.3. The van der Waals surface area contributed by atoms with Crippen molar-refractivity contribution in [1.29, 1.82) is 0 Å². The zero-order valence-corrected chi connectivity index (χ0v) is 20.1. The van der Waals surface area contributed by atoms with Gasteiger partial charge in [0.1, 0.15) is 11.5 Å². The van der Waals surface area contributed by atoms with Gasteiger partial charge in [0.2, 0.25) is 0 Å². The van der Waals surface area contributed by atoms with Gasteiger partial charge in [-0.15, -0.1) is 0 Å². The number of nitrogens with one attached hydrogen (secondary N) is 2. The highest BCUT2D eigenvalue weighted by Gasteiger charge is 2.21. The van der Waals surface area contributed by atoms with Gasteiger partial charge in [-0.3, -0.25) is 9.78 Å². The number of nitrogen functional groups attached to an aromatic ring is 1. The van der Waals surface area contributed by atoms with Crippen LogP contribution in [0.1, 0.15) is 52.1 Å². The van der Waals surface area contributed by atoms with Crippen molar-refractivity contribution in [3.05, 3.63) is 89.0 Å². The lowest BCUT2D eigenvalue weighted by atomic mass is 9.95. The summed E-state index contributed by atoms with van der Waals surface area (Å²) < 4.78 is 14.2. The van der Waals surface area contributed by atoms with Crippen molar-refractivity contribution >= 4 is 23.3 Å². The molecule has 0 aliphatic heterocycles. The first-order valence-electron chi connectivity index (χ1n) is 11.3. The number of pyridine rings is 1. The second kappa shape index (κ2) is 11.4. The third-order valence-electron chi connectivity index (χ3n) is 5.88. The zero-order chi connectivity index (χ0) is 25.5. The van der Waals surface area contributed by atoms with Crippen molar-refractivity contribution in [3.63, 3.8) is 0 Å². The molecule has 9 heteroatoms. The fourth-order valence-electron chi connectivity index (χ4n) is 3.90. The molecular weight excluding hydrogens is 447 g/mol. The van der Waals surface area contributed by atoms with Gasteiger partial charge in [-0.2, -0.15) is 0 Å². The topological polar surface area (TPSA) is 126 Å². The van der Waals surface area contributed by atoms with Crippen molar-refractivity contribution in [2.75, 3.05) is 25.1 Å². The average Bonchev–Trinajstić information content (AvgIpc) is 2.81. The number of amides is 3. The molecule has 0 spiro atoms. The number of aryl methyl sites for hydroxylation is 1. The standard InChI is InChI=1S/C26H31FN6O2/c1-16-8-9-17(14-19(16)27)24(33(2)3)13-12-21(32-26(29)35)18-10-11-23(30-15-18)25(34)31-22-7-5-4-6-20(22)28/h4-11,14-15,21,24H,12-13,28H2,1-3H3,(H,31,34)(H3,29,32,35). The Bertz CT molecular complexity index is 1180. The van der Waals surface area contributed by atoms with Gasteiger partial charge < -0.3 is 27.0 Å². The lowest BCUT2D eigenvalue weighted by molar-refractivity contribution is 0.102. The number of primary amides is 1. The molecule has 3 rings (SSSR count). The normalized spacial score (nSPS) is 12.7. The molecule has 0 bridgehead atoms. The number of rotatable bonds is 9. The fourth-order valence-corrected chi connectivity index (χ4v) is 3.90. The minimum absolute atomic E-state index is 0.0726. The van der Waals surface area contributed by atoms with E-state index in [2.05, 4.69) is 15.6 Å². The van der Waals surface area contributed by atoms with Crippen molar-refractivity contribution in [1.82, 2.24) is 15.2 Å². The van der Waals surface area contributed by atoms with E-state index in [-0.39, 0.29) is 17.6 Å². The molecule has 0 saturated carbocycles. The van der Waals surface area contributed by atoms with Crippen molar-refractivity contribution < 1.29 is 14.0 Å². The lowest BCUT2D eigenvalue weighted by Gasteiger charge is -2.27. The first-order chi connectivity index (χ1) is 16.7. The van der Waals surface area contributed by atoms with Crippen LogP contribution in [0.3, 0.4) is 0 Å². The summed E-state index contributed by atoms with van der Waals surface area (Å²) in [6, 6.07) is 14.3. The van der Waals surface area contributed by atoms with Crippen LogP contribution in [0, 0.1) is 12.7 Å². The van der Waals surface area contributed by atoms with Crippen LogP contribution in [0.25, 0.3) is 0 Å². The second-order valence-electron chi connectivity index (χ2n) is 8.64. The van der Waals surface area contributed by atoms with Crippen LogP contribution in [0.15, 0.2) is 60.8 Å². The minimum Gasteiger partial charge on any atom is -0.397 e. The molecule has 0 saturated heterocycles. The molecule has 8 nitrogen and oxygen atoms in total. The van der Waals surface area contributed by atoms with Crippen LogP contribution in [-0.4, -0.2) is 35.9 Å². The lowest BCUT2D eigenvalue weighted by Crippen LogP contribution is -2.34. The maximum Gasteiger partial charge on any atom is 0.312 e. The average molecular weight is 479 g/mol. The molecule has 0 fully saturated rings. The molecule has 2 aromatic carbocycles. The number of para-hydroxylation sites is 2. The summed E-state index contributed by atoms with van der Waals surface area (Å²) in [7, 11) is 3.85. The van der Waals surface area contributed by atoms with Gasteiger partial charge in [0.25, 0.3) is 5.91 Å². The maximum atomic E-state index is 14.2. The van der Waals surface area contributed by atoms with Crippen LogP contribution < -0.4 is 22.1 Å². The predicted molar refractivity (Wildman–Crippen MR) is 135 cm³/mol. The van der Waals surface area contributed by atoms with E-state index < -0.39 is 18.0 Å². The Morgan fingerprint density at radius 1 is 1.06 bits per heavy atom. The number of hydrogen-bond donors (Lipinski definition) is 4. The van der Waals surface area contributed by atoms with Crippen LogP contribution in [-0.2, 0) is 0 Å². The number of aromatic nitrogens is 1. The molecule has 6 N–H and O–H groups in total. The number of nitrogens with two attached hydrogens (primary N) is 2. The second-order valence-corrected chi connectivity index (χ2v) is 8.64. The van der Waals surface area contributed by atoms with Crippen molar-refractivity contribution in [2.45, 2.75) is 31.8 Å². The number of nitrogens with zero attached hydrogens (tertiary/aromatic N) is 2. The van der Waals surface area contributed by atoms with Gasteiger partial charge in [-0.1, -0.05) is 30.3 Å². The number of urea groups is 1. The van der Waals surface area contributed by atoms with Crippen LogP contribution in [0.4, 0.5) is 20.6 Å². The molecule has 0 aliphatic rings. The van der Waals surface area contributed by atoms with E-state index in [1.165, 1.54) is 0 Å². The van der Waals surface area contributed by atoms with E-state index in [4.69, 9.17) is 11.5 Å². The fraction of sp³-hybridized carbons (Fsp3) is 0.269. The van der Waals surface area contributed by atoms with Gasteiger partial charge in [-0.25, -0.2) is 9.18 Å². The number of carbonyl (C=O) groups excluding carboxylic acids is 2. The summed E-state index contributed by atoms with van der Waals surface area (Å²) >= 11 is 0. The molecule has 1 aromatic heterocycles. The Hall–Kier alpha value is -3.98. The molecule has 0 aliphatic carbocycles. The highest BCUT2D eigenvalue weighted by atomic mass is 19.1. The van der Waals surface area contributed by atoms with Crippen molar-refractivity contribution in [2.24, 2.45) is 5.73 Å². The molecule has 2 unspecified atom stereocenters. The quantitative estimate of drug-likeness (QED) is 0.344. The monoisotopic (exact) mass is 478 g/mol. The van der Waals surface area contributed by atoms with Crippen LogP contribution in [0.2, 0.25) is 0 Å². The van der Waals surface area contributed by atoms with E-state index in [1.807, 2.05) is 25.1 Å². The first kappa shape index (κ1) is 25.6. The minimum atomic E-state index is -0.667. The summed E-state index contributed by atoms with van der Waals surface area (Å²) in [6.07, 6.45) is 2.69. The smallest absolute Gasteiger partial charge is 0.312 e. The Morgan fingerprint density at radius 3 is 2.37 bits per heavy atom. The Morgan fingerprint density at radius 2 is 1.77 bits per heavy atom. The van der Waals surface area contributed by atoms with Gasteiger partial charge in [0.05, 0.1) is 17.4 Å².